The van der Waals surface area contributed by atoms with Crippen molar-refractivity contribution in [3.05, 3.63) is 52.9 Å². The number of phenolic OH excluding ortho intramolecular Hbond substituents is 2. The number of nitrogens with one attached hydrogen (secondary N) is 1. The van der Waals surface area contributed by atoms with Crippen LogP contribution in [0.15, 0.2) is 51.9 Å². The Bertz CT molecular complexity index is 1020. The van der Waals surface area contributed by atoms with Gasteiger partial charge in [-0.2, -0.15) is 0 Å². The molecule has 1 saturated heterocycles. The molecule has 0 atom stereocenters. The predicted octanol–water partition coefficient (Wildman–Crippen LogP) is 2.16. The molecule has 146 valence electrons. The van der Waals surface area contributed by atoms with E-state index >= 15 is 0 Å². The summed E-state index contributed by atoms with van der Waals surface area (Å²) in [6, 6.07) is 9.30. The van der Waals surface area contributed by atoms with E-state index < -0.39 is 0 Å². The van der Waals surface area contributed by atoms with Crippen LogP contribution in [0, 0.1) is 0 Å². The van der Waals surface area contributed by atoms with Crippen molar-refractivity contribution < 1.29 is 19.4 Å². The van der Waals surface area contributed by atoms with Gasteiger partial charge in [-0.3, -0.25) is 9.69 Å². The largest absolute Gasteiger partial charge is 0.508 e. The van der Waals surface area contributed by atoms with Crippen molar-refractivity contribution in [2.75, 3.05) is 39.3 Å². The number of nitrogens with zero attached hydrogens (tertiary/aromatic N) is 1. The third-order valence-corrected chi connectivity index (χ3v) is 4.89. The highest BCUT2D eigenvalue weighted by Crippen LogP contribution is 2.30. The topological polar surface area (TPSA) is 95.2 Å². The Morgan fingerprint density at radius 3 is 2.61 bits per heavy atom. The maximum atomic E-state index is 12.8. The van der Waals surface area contributed by atoms with Gasteiger partial charge in [0.15, 0.2) is 0 Å². The summed E-state index contributed by atoms with van der Waals surface area (Å²) in [5.74, 6) is 0.393. The fraction of sp³-hybridized carbons (Fsp3) is 0.286. The first-order chi connectivity index (χ1) is 13.6. The zero-order chi connectivity index (χ0) is 19.5. The van der Waals surface area contributed by atoms with Crippen LogP contribution >= 0.6 is 0 Å². The summed E-state index contributed by atoms with van der Waals surface area (Å²) in [5.41, 5.74) is 0.848. The van der Waals surface area contributed by atoms with Crippen molar-refractivity contribution in [1.29, 1.82) is 0 Å². The zero-order valence-corrected chi connectivity index (χ0v) is 15.4. The minimum atomic E-state index is -0.336. The molecule has 0 saturated carbocycles. The molecule has 0 bridgehead atoms. The smallest absolute Gasteiger partial charge is 0.204 e. The van der Waals surface area contributed by atoms with Crippen LogP contribution < -0.4 is 15.5 Å². The van der Waals surface area contributed by atoms with Gasteiger partial charge in [-0.25, -0.2) is 0 Å². The van der Waals surface area contributed by atoms with Gasteiger partial charge in [0.05, 0.1) is 5.56 Å². The third-order valence-electron chi connectivity index (χ3n) is 4.89. The van der Waals surface area contributed by atoms with Gasteiger partial charge < -0.3 is 24.7 Å². The Labute approximate surface area is 161 Å². The van der Waals surface area contributed by atoms with E-state index in [2.05, 4.69) is 10.2 Å². The van der Waals surface area contributed by atoms with Crippen molar-refractivity contribution in [3.63, 3.8) is 0 Å². The molecule has 3 N–H and O–H groups in total. The number of piperazine rings is 1. The molecule has 0 unspecified atom stereocenters. The van der Waals surface area contributed by atoms with Crippen molar-refractivity contribution in [3.8, 4) is 28.4 Å². The number of aromatic hydroxyl groups is 2. The van der Waals surface area contributed by atoms with E-state index in [0.29, 0.717) is 23.5 Å². The Kier molecular flexibility index (Phi) is 5.18. The molecule has 0 aliphatic carbocycles. The van der Waals surface area contributed by atoms with E-state index in [-0.39, 0.29) is 27.9 Å². The van der Waals surface area contributed by atoms with Crippen LogP contribution in [0.1, 0.15) is 0 Å². The molecule has 2 heterocycles. The van der Waals surface area contributed by atoms with E-state index in [4.69, 9.17) is 9.15 Å². The van der Waals surface area contributed by atoms with Crippen LogP contribution in [0.2, 0.25) is 0 Å². The molecule has 1 aliphatic rings. The molecule has 7 nitrogen and oxygen atoms in total. The van der Waals surface area contributed by atoms with Gasteiger partial charge in [0.1, 0.15) is 41.1 Å². The molecule has 1 fully saturated rings. The van der Waals surface area contributed by atoms with Crippen LogP contribution in [0.4, 0.5) is 0 Å². The molecule has 0 spiro atoms. The highest BCUT2D eigenvalue weighted by molar-refractivity contribution is 5.88. The van der Waals surface area contributed by atoms with Gasteiger partial charge >= 0.3 is 0 Å². The van der Waals surface area contributed by atoms with Crippen molar-refractivity contribution in [2.24, 2.45) is 0 Å². The number of ether oxygens (including phenoxy) is 1. The van der Waals surface area contributed by atoms with Crippen LogP contribution in [0.3, 0.4) is 0 Å². The van der Waals surface area contributed by atoms with E-state index in [0.717, 1.165) is 32.7 Å². The van der Waals surface area contributed by atoms with E-state index in [1.807, 2.05) is 0 Å². The van der Waals surface area contributed by atoms with Gasteiger partial charge in [0.25, 0.3) is 0 Å². The number of phenols is 2. The SMILES string of the molecule is O=c1c(-c2ccc(O)cc2)coc2cc(OCCN3CCNCC3)cc(O)c12. The number of rotatable bonds is 5. The summed E-state index contributed by atoms with van der Waals surface area (Å²) in [7, 11) is 0. The van der Waals surface area contributed by atoms with E-state index in [1.54, 1.807) is 18.2 Å². The summed E-state index contributed by atoms with van der Waals surface area (Å²) in [5, 5.41) is 23.2. The Morgan fingerprint density at radius 1 is 1.11 bits per heavy atom. The Morgan fingerprint density at radius 2 is 1.86 bits per heavy atom. The fourth-order valence-corrected chi connectivity index (χ4v) is 3.36. The lowest BCUT2D eigenvalue weighted by molar-refractivity contribution is 0.191. The molecule has 1 aliphatic heterocycles. The summed E-state index contributed by atoms with van der Waals surface area (Å²) in [6.45, 7) is 5.21. The molecule has 28 heavy (non-hydrogen) atoms. The fourth-order valence-electron chi connectivity index (χ4n) is 3.36. The first-order valence-electron chi connectivity index (χ1n) is 9.25. The highest BCUT2D eigenvalue weighted by Gasteiger charge is 2.15. The second-order valence-electron chi connectivity index (χ2n) is 6.78. The van der Waals surface area contributed by atoms with Crippen molar-refractivity contribution in [2.45, 2.75) is 0 Å². The number of benzene rings is 2. The second kappa shape index (κ2) is 7.92. The number of fused-ring (bicyclic) bond motifs is 1. The minimum absolute atomic E-state index is 0.111. The quantitative estimate of drug-likeness (QED) is 0.622. The lowest BCUT2D eigenvalue weighted by Gasteiger charge is -2.26. The first-order valence-corrected chi connectivity index (χ1v) is 9.25. The zero-order valence-electron chi connectivity index (χ0n) is 15.4. The van der Waals surface area contributed by atoms with Crippen molar-refractivity contribution >= 4 is 11.0 Å². The molecule has 2 aromatic carbocycles. The number of hydrogen-bond acceptors (Lipinski definition) is 7. The molecule has 3 aromatic rings. The van der Waals surface area contributed by atoms with Gasteiger partial charge in [0, 0.05) is 44.9 Å². The van der Waals surface area contributed by atoms with Gasteiger partial charge in [-0.05, 0) is 17.7 Å². The van der Waals surface area contributed by atoms with Crippen LogP contribution in [-0.2, 0) is 0 Å². The van der Waals surface area contributed by atoms with Gasteiger partial charge in [-0.1, -0.05) is 12.1 Å². The van der Waals surface area contributed by atoms with E-state index in [9.17, 15) is 15.0 Å². The summed E-state index contributed by atoms with van der Waals surface area (Å²) in [6.07, 6.45) is 1.36. The molecule has 0 amide bonds. The van der Waals surface area contributed by atoms with E-state index in [1.165, 1.54) is 24.5 Å². The highest BCUT2D eigenvalue weighted by atomic mass is 16.5. The summed E-state index contributed by atoms with van der Waals surface area (Å²) >= 11 is 0. The lowest BCUT2D eigenvalue weighted by atomic mass is 10.0. The predicted molar refractivity (Wildman–Crippen MR) is 106 cm³/mol. The summed E-state index contributed by atoms with van der Waals surface area (Å²) < 4.78 is 11.4. The normalized spacial score (nSPS) is 15.0. The second-order valence-corrected chi connectivity index (χ2v) is 6.78. The Hall–Kier alpha value is -3.03. The average molecular weight is 382 g/mol. The maximum Gasteiger partial charge on any atom is 0.204 e. The van der Waals surface area contributed by atoms with Crippen LogP contribution in [0.25, 0.3) is 22.1 Å². The van der Waals surface area contributed by atoms with Crippen LogP contribution in [-0.4, -0.2) is 54.4 Å². The lowest BCUT2D eigenvalue weighted by Crippen LogP contribution is -2.44. The molecule has 0 radical (unpaired) electrons. The van der Waals surface area contributed by atoms with Gasteiger partial charge in [-0.15, -0.1) is 0 Å². The van der Waals surface area contributed by atoms with Crippen LogP contribution in [0.5, 0.6) is 17.2 Å². The molecule has 4 rings (SSSR count). The minimum Gasteiger partial charge on any atom is -0.508 e. The summed E-state index contributed by atoms with van der Waals surface area (Å²) in [4.78, 5) is 15.1. The molecular weight excluding hydrogens is 360 g/mol. The maximum absolute atomic E-state index is 12.8. The standard InChI is InChI=1S/C21H22N2O5/c24-15-3-1-14(2-4-15)17-13-28-19-12-16(11-18(25)20(19)21(17)26)27-10-9-23-7-5-22-6-8-23/h1-4,11-13,22,24-25H,5-10H2. The molecular formula is C21H22N2O5. The molecule has 7 heteroatoms. The van der Waals surface area contributed by atoms with Gasteiger partial charge in [0.2, 0.25) is 5.43 Å². The third kappa shape index (κ3) is 3.81. The first kappa shape index (κ1) is 18.3. The Balaban J connectivity index is 1.56. The average Bonchev–Trinajstić information content (AvgIpc) is 2.70. The molecule has 1 aromatic heterocycles. The number of hydrogen-bond donors (Lipinski definition) is 3. The monoisotopic (exact) mass is 382 g/mol. The van der Waals surface area contributed by atoms with Crippen molar-refractivity contribution in [1.82, 2.24) is 10.2 Å².